The fourth-order valence-electron chi connectivity index (χ4n) is 7.99. The number of amides is 5. The van der Waals surface area contributed by atoms with E-state index in [1.165, 1.54) is 4.90 Å². The van der Waals surface area contributed by atoms with Gasteiger partial charge in [-0.1, -0.05) is 78.9 Å². The topological polar surface area (TPSA) is 209 Å². The molecular weight excluding hydrogens is 777 g/mol. The number of hydrogen-bond donors (Lipinski definition) is 7. The standard InChI is InChI=1S/C46H60N8O7/c1-45(2,60-21-19-46(3,47)61-22-20-48-4)27-40(55)50-33-26-39-43(58)52-36(23-30-13-7-5-8-14-30)41(56)51-37(25-32-28-49-35-18-12-11-17-34(32)35)42(57)53-38(44(59)54(39)29-33)24-31-15-9-6-10-16-31/h5-18,28,33,36-39,48-49H,19-27,29,47H2,1-4H3,(H,50,55)(H,51,56)(H,52,58)(H,53,57)/t33-,36+,37-,38+,39-,46?/m1/s1. The molecule has 0 spiro atoms. The van der Waals surface area contributed by atoms with Crippen molar-refractivity contribution in [1.82, 2.24) is 36.5 Å². The second-order valence-corrected chi connectivity index (χ2v) is 16.9. The highest BCUT2D eigenvalue weighted by Crippen LogP contribution is 2.25. The van der Waals surface area contributed by atoms with E-state index in [4.69, 9.17) is 15.2 Å². The number of hydrogen-bond acceptors (Lipinski definition) is 9. The summed E-state index contributed by atoms with van der Waals surface area (Å²) in [6.45, 7) is 6.78. The molecule has 2 saturated heterocycles. The first-order chi connectivity index (χ1) is 29.2. The molecule has 2 aliphatic heterocycles. The van der Waals surface area contributed by atoms with Crippen LogP contribution in [0.2, 0.25) is 0 Å². The van der Waals surface area contributed by atoms with Gasteiger partial charge in [0.05, 0.1) is 25.2 Å². The van der Waals surface area contributed by atoms with Gasteiger partial charge in [0.25, 0.3) is 0 Å². The van der Waals surface area contributed by atoms with Crippen molar-refractivity contribution in [3.05, 3.63) is 108 Å². The molecule has 5 amide bonds. The van der Waals surface area contributed by atoms with Gasteiger partial charge >= 0.3 is 0 Å². The van der Waals surface area contributed by atoms with Gasteiger partial charge in [0.15, 0.2) is 0 Å². The molecule has 3 aromatic carbocycles. The number of fused-ring (bicyclic) bond motifs is 2. The number of nitrogens with one attached hydrogen (secondary N) is 6. The normalized spacial score (nSPS) is 22.3. The maximum absolute atomic E-state index is 14.8. The summed E-state index contributed by atoms with van der Waals surface area (Å²) in [5.41, 5.74) is 7.78. The molecular formula is C46H60N8O7. The Morgan fingerprint density at radius 1 is 0.770 bits per heavy atom. The van der Waals surface area contributed by atoms with Crippen LogP contribution < -0.4 is 32.3 Å². The maximum atomic E-state index is 14.8. The number of carbonyl (C=O) groups is 5. The molecule has 0 saturated carbocycles. The summed E-state index contributed by atoms with van der Waals surface area (Å²) in [5, 5.41) is 15.8. The molecule has 1 aromatic heterocycles. The third-order valence-electron chi connectivity index (χ3n) is 11.3. The molecule has 0 bridgehead atoms. The van der Waals surface area contributed by atoms with Gasteiger partial charge < -0.3 is 51.7 Å². The Balaban J connectivity index is 1.24. The minimum atomic E-state index is -1.09. The van der Waals surface area contributed by atoms with Crippen molar-refractivity contribution >= 4 is 40.4 Å². The third kappa shape index (κ3) is 12.5. The average Bonchev–Trinajstić information content (AvgIpc) is 3.84. The molecule has 6 rings (SSSR count). The Bertz CT molecular complexity index is 2130. The first kappa shape index (κ1) is 44.9. The monoisotopic (exact) mass is 836 g/mol. The van der Waals surface area contributed by atoms with E-state index in [1.54, 1.807) is 6.92 Å². The van der Waals surface area contributed by atoms with Gasteiger partial charge in [0, 0.05) is 61.9 Å². The summed E-state index contributed by atoms with van der Waals surface area (Å²) < 4.78 is 11.8. The molecule has 0 aliphatic carbocycles. The number of carbonyl (C=O) groups excluding carboxylic acids is 5. The van der Waals surface area contributed by atoms with E-state index < -0.39 is 65.2 Å². The number of aromatic amines is 1. The summed E-state index contributed by atoms with van der Waals surface area (Å²) in [5.74, 6) is -2.42. The zero-order valence-electron chi connectivity index (χ0n) is 35.5. The number of nitrogens with two attached hydrogens (primary N) is 1. The van der Waals surface area contributed by atoms with Gasteiger partial charge in [0.2, 0.25) is 29.5 Å². The SMILES string of the molecule is CNCCOC(C)(N)CCOC(C)(C)CC(=O)N[C@@H]1C[C@@H]2C(=O)N[C@@H](Cc3ccccc3)C(=O)N[C@H](Cc3c[nH]c4ccccc34)C(=O)N[C@@H](Cc3ccccc3)C(=O)N2C1. The van der Waals surface area contributed by atoms with Crippen molar-refractivity contribution in [2.75, 3.05) is 33.4 Å². The zero-order chi connectivity index (χ0) is 43.6. The highest BCUT2D eigenvalue weighted by Gasteiger charge is 2.45. The fourth-order valence-corrected chi connectivity index (χ4v) is 7.99. The highest BCUT2D eigenvalue weighted by molar-refractivity contribution is 5.98. The number of para-hydroxylation sites is 1. The van der Waals surface area contributed by atoms with Crippen LogP contribution in [0.1, 0.15) is 56.7 Å². The van der Waals surface area contributed by atoms with Crippen LogP contribution in [0.25, 0.3) is 10.9 Å². The van der Waals surface area contributed by atoms with Crippen molar-refractivity contribution < 1.29 is 33.4 Å². The second kappa shape index (κ2) is 20.3. The van der Waals surface area contributed by atoms with Crippen LogP contribution in [0, 0.1) is 0 Å². The van der Waals surface area contributed by atoms with E-state index in [0.717, 1.165) is 27.6 Å². The first-order valence-corrected chi connectivity index (χ1v) is 21.1. The third-order valence-corrected chi connectivity index (χ3v) is 11.3. The molecule has 15 heteroatoms. The molecule has 0 radical (unpaired) electrons. The van der Waals surface area contributed by atoms with E-state index in [-0.39, 0.29) is 51.2 Å². The van der Waals surface area contributed by atoms with Gasteiger partial charge in [-0.05, 0) is 57.0 Å². The Labute approximate surface area is 357 Å². The van der Waals surface area contributed by atoms with Crippen LogP contribution in [-0.4, -0.2) is 114 Å². The number of likely N-dealkylation sites (N-methyl/N-ethyl adjacent to an activating group) is 1. The molecule has 3 heterocycles. The van der Waals surface area contributed by atoms with Crippen molar-refractivity contribution in [1.29, 1.82) is 0 Å². The van der Waals surface area contributed by atoms with Gasteiger partial charge in [-0.3, -0.25) is 24.0 Å². The minimum absolute atomic E-state index is 0.0000350. The minimum Gasteiger partial charge on any atom is -0.375 e. The largest absolute Gasteiger partial charge is 0.375 e. The lowest BCUT2D eigenvalue weighted by molar-refractivity contribution is -0.143. The molecule has 8 N–H and O–H groups in total. The van der Waals surface area contributed by atoms with E-state index in [0.29, 0.717) is 19.6 Å². The molecule has 2 fully saturated rings. The molecule has 4 aromatic rings. The zero-order valence-corrected chi connectivity index (χ0v) is 35.5. The van der Waals surface area contributed by atoms with E-state index in [9.17, 15) is 24.0 Å². The molecule has 1 unspecified atom stereocenters. The van der Waals surface area contributed by atoms with Gasteiger partial charge in [-0.25, -0.2) is 0 Å². The summed E-state index contributed by atoms with van der Waals surface area (Å²) >= 11 is 0. The van der Waals surface area contributed by atoms with Crippen molar-refractivity contribution in [2.45, 2.75) is 101 Å². The van der Waals surface area contributed by atoms with E-state index >= 15 is 0 Å². The maximum Gasteiger partial charge on any atom is 0.246 e. The van der Waals surface area contributed by atoms with Crippen LogP contribution in [0.4, 0.5) is 0 Å². The van der Waals surface area contributed by atoms with Crippen LogP contribution in [0.3, 0.4) is 0 Å². The molecule has 326 valence electrons. The Hall–Kier alpha value is -5.61. The lowest BCUT2D eigenvalue weighted by Crippen LogP contribution is -2.62. The second-order valence-electron chi connectivity index (χ2n) is 16.9. The number of nitrogens with zero attached hydrogens (tertiary/aromatic N) is 1. The number of rotatable bonds is 17. The predicted molar refractivity (Wildman–Crippen MR) is 232 cm³/mol. The molecule has 2 aliphatic rings. The summed E-state index contributed by atoms with van der Waals surface area (Å²) in [7, 11) is 1.83. The lowest BCUT2D eigenvalue weighted by atomic mass is 9.99. The smallest absolute Gasteiger partial charge is 0.246 e. The van der Waals surface area contributed by atoms with Crippen LogP contribution >= 0.6 is 0 Å². The molecule has 61 heavy (non-hydrogen) atoms. The van der Waals surface area contributed by atoms with Crippen LogP contribution in [-0.2, 0) is 52.7 Å². The van der Waals surface area contributed by atoms with Gasteiger partial charge in [-0.2, -0.15) is 0 Å². The Morgan fingerprint density at radius 3 is 2.03 bits per heavy atom. The van der Waals surface area contributed by atoms with E-state index in [1.807, 2.05) is 112 Å². The Morgan fingerprint density at radius 2 is 1.36 bits per heavy atom. The number of aromatic nitrogens is 1. The number of benzene rings is 3. The molecule has 15 nitrogen and oxygen atoms in total. The summed E-state index contributed by atoms with van der Waals surface area (Å²) in [4.78, 5) is 76.2. The quantitative estimate of drug-likeness (QED) is 0.0614. The number of H-pyrrole nitrogens is 1. The van der Waals surface area contributed by atoms with Crippen molar-refractivity contribution in [2.24, 2.45) is 5.73 Å². The van der Waals surface area contributed by atoms with Crippen molar-refractivity contribution in [3.8, 4) is 0 Å². The lowest BCUT2D eigenvalue weighted by Gasteiger charge is -2.32. The number of ether oxygens (including phenoxy) is 2. The summed E-state index contributed by atoms with van der Waals surface area (Å²) in [6.07, 6.45) is 2.70. The highest BCUT2D eigenvalue weighted by atomic mass is 16.5. The first-order valence-electron chi connectivity index (χ1n) is 21.1. The van der Waals surface area contributed by atoms with Crippen LogP contribution in [0.5, 0.6) is 0 Å². The predicted octanol–water partition coefficient (Wildman–Crippen LogP) is 2.24. The van der Waals surface area contributed by atoms with Crippen molar-refractivity contribution in [3.63, 3.8) is 0 Å². The van der Waals surface area contributed by atoms with E-state index in [2.05, 4.69) is 31.6 Å². The summed E-state index contributed by atoms with van der Waals surface area (Å²) in [6, 6.07) is 21.3. The average molecular weight is 837 g/mol. The molecule has 6 atom stereocenters. The van der Waals surface area contributed by atoms with Crippen LogP contribution in [0.15, 0.2) is 91.1 Å². The van der Waals surface area contributed by atoms with Gasteiger partial charge in [-0.15, -0.1) is 0 Å². The van der Waals surface area contributed by atoms with Gasteiger partial charge in [0.1, 0.15) is 29.9 Å². The fraction of sp³-hybridized carbons (Fsp3) is 0.457. The Kier molecular flexibility index (Phi) is 15.0.